The van der Waals surface area contributed by atoms with E-state index in [1.807, 2.05) is 17.8 Å². The van der Waals surface area contributed by atoms with Crippen LogP contribution in [0.2, 0.25) is 0 Å². The molecule has 2 rings (SSSR count). The van der Waals surface area contributed by atoms with E-state index in [0.29, 0.717) is 6.54 Å². The minimum absolute atomic E-state index is 0. The number of hydrogen-bond acceptors (Lipinski definition) is 2. The number of rotatable bonds is 5. The summed E-state index contributed by atoms with van der Waals surface area (Å²) in [5.74, 6) is 0. The molecule has 0 aliphatic carbocycles. The molecular weight excluding hydrogens is 351 g/mol. The second kappa shape index (κ2) is 8.23. The van der Waals surface area contributed by atoms with Crippen molar-refractivity contribution in [1.82, 2.24) is 15.1 Å². The number of nitrogens with zero attached hydrogens (tertiary/aromatic N) is 2. The Kier molecular flexibility index (Phi) is 7.08. The summed E-state index contributed by atoms with van der Waals surface area (Å²) < 4.78 is 40.1. The van der Waals surface area contributed by atoms with Crippen molar-refractivity contribution in [3.05, 3.63) is 41.6 Å². The summed E-state index contributed by atoms with van der Waals surface area (Å²) in [5.41, 5.74) is 1.99. The maximum absolute atomic E-state index is 12.7. The van der Waals surface area contributed by atoms with Crippen molar-refractivity contribution in [2.75, 3.05) is 7.05 Å². The first-order valence-electron chi connectivity index (χ1n) is 7.99. The van der Waals surface area contributed by atoms with Gasteiger partial charge in [-0.05, 0) is 42.6 Å². The topological polar surface area (TPSA) is 29.9 Å². The molecule has 1 aromatic heterocycles. The number of hydrogen-bond donors (Lipinski definition) is 1. The number of benzene rings is 1. The highest BCUT2D eigenvalue weighted by atomic mass is 35.5. The third-order valence-electron chi connectivity index (χ3n) is 3.77. The molecular formula is C18H25ClF3N3. The SMILES string of the molecule is CNCc1cc(-c2ccc(C(F)(F)F)cc2)n(CCC(C)(C)C)n1.Cl. The maximum atomic E-state index is 12.7. The lowest BCUT2D eigenvalue weighted by Gasteiger charge is -2.18. The van der Waals surface area contributed by atoms with Crippen LogP contribution in [0, 0.1) is 5.41 Å². The van der Waals surface area contributed by atoms with E-state index in [1.165, 1.54) is 12.1 Å². The molecule has 0 bridgehead atoms. The molecule has 0 radical (unpaired) electrons. The molecule has 0 fully saturated rings. The summed E-state index contributed by atoms with van der Waals surface area (Å²) in [7, 11) is 1.84. The minimum Gasteiger partial charge on any atom is -0.314 e. The van der Waals surface area contributed by atoms with Crippen molar-refractivity contribution in [3.8, 4) is 11.3 Å². The van der Waals surface area contributed by atoms with Crippen LogP contribution < -0.4 is 5.32 Å². The lowest BCUT2D eigenvalue weighted by atomic mass is 9.92. The highest BCUT2D eigenvalue weighted by molar-refractivity contribution is 5.85. The highest BCUT2D eigenvalue weighted by Crippen LogP contribution is 2.31. The number of aryl methyl sites for hydroxylation is 1. The molecule has 3 nitrogen and oxygen atoms in total. The lowest BCUT2D eigenvalue weighted by Crippen LogP contribution is -2.13. The van der Waals surface area contributed by atoms with Gasteiger partial charge in [0, 0.05) is 13.1 Å². The molecule has 0 unspecified atom stereocenters. The van der Waals surface area contributed by atoms with Crippen LogP contribution in [-0.2, 0) is 19.3 Å². The fraction of sp³-hybridized carbons (Fsp3) is 0.500. The highest BCUT2D eigenvalue weighted by Gasteiger charge is 2.30. The molecule has 7 heteroatoms. The zero-order valence-corrected chi connectivity index (χ0v) is 15.8. The zero-order chi connectivity index (χ0) is 18.0. The fourth-order valence-corrected chi connectivity index (χ4v) is 2.41. The molecule has 0 spiro atoms. The van der Waals surface area contributed by atoms with Gasteiger partial charge >= 0.3 is 6.18 Å². The van der Waals surface area contributed by atoms with Crippen molar-refractivity contribution in [2.24, 2.45) is 5.41 Å². The average Bonchev–Trinajstić information content (AvgIpc) is 2.87. The van der Waals surface area contributed by atoms with Gasteiger partial charge in [-0.3, -0.25) is 4.68 Å². The quantitative estimate of drug-likeness (QED) is 0.783. The van der Waals surface area contributed by atoms with Crippen LogP contribution in [-0.4, -0.2) is 16.8 Å². The first kappa shape index (κ1) is 21.5. The lowest BCUT2D eigenvalue weighted by molar-refractivity contribution is -0.137. The molecule has 1 N–H and O–H groups in total. The molecule has 0 saturated carbocycles. The first-order valence-corrected chi connectivity index (χ1v) is 7.99. The van der Waals surface area contributed by atoms with Crippen molar-refractivity contribution < 1.29 is 13.2 Å². The summed E-state index contributed by atoms with van der Waals surface area (Å²) in [6.45, 7) is 7.81. The van der Waals surface area contributed by atoms with E-state index in [2.05, 4.69) is 31.2 Å². The molecule has 0 atom stereocenters. The second-order valence-electron chi connectivity index (χ2n) is 7.16. The Labute approximate surface area is 153 Å². The molecule has 25 heavy (non-hydrogen) atoms. The van der Waals surface area contributed by atoms with Crippen molar-refractivity contribution in [3.63, 3.8) is 0 Å². The van der Waals surface area contributed by atoms with Gasteiger partial charge in [0.1, 0.15) is 0 Å². The molecule has 140 valence electrons. The Morgan fingerprint density at radius 3 is 2.16 bits per heavy atom. The molecule has 0 aliphatic heterocycles. The van der Waals surface area contributed by atoms with E-state index in [-0.39, 0.29) is 17.8 Å². The van der Waals surface area contributed by atoms with Gasteiger partial charge in [0.2, 0.25) is 0 Å². The normalized spacial score (nSPS) is 12.1. The Balaban J connectivity index is 0.00000312. The summed E-state index contributed by atoms with van der Waals surface area (Å²) in [5, 5.41) is 7.64. The van der Waals surface area contributed by atoms with Gasteiger partial charge in [-0.25, -0.2) is 0 Å². The van der Waals surface area contributed by atoms with Gasteiger partial charge in [-0.1, -0.05) is 32.9 Å². The van der Waals surface area contributed by atoms with Crippen molar-refractivity contribution in [1.29, 1.82) is 0 Å². The standard InChI is InChI=1S/C18H24F3N3.ClH/c1-17(2,3)9-10-24-16(11-15(23-24)12-22-4)13-5-7-14(8-6-13)18(19,20)21;/h5-8,11,22H,9-10,12H2,1-4H3;1H. The van der Waals surface area contributed by atoms with Crippen LogP contribution in [0.4, 0.5) is 13.2 Å². The smallest absolute Gasteiger partial charge is 0.314 e. The second-order valence-corrected chi connectivity index (χ2v) is 7.16. The summed E-state index contributed by atoms with van der Waals surface area (Å²) in [4.78, 5) is 0. The number of alkyl halides is 3. The molecule has 1 aromatic carbocycles. The third-order valence-corrected chi connectivity index (χ3v) is 3.77. The van der Waals surface area contributed by atoms with Crippen LogP contribution in [0.25, 0.3) is 11.3 Å². The summed E-state index contributed by atoms with van der Waals surface area (Å²) in [6.07, 6.45) is -3.39. The Morgan fingerprint density at radius 1 is 1.08 bits per heavy atom. The number of aromatic nitrogens is 2. The van der Waals surface area contributed by atoms with Crippen LogP contribution in [0.5, 0.6) is 0 Å². The van der Waals surface area contributed by atoms with E-state index in [4.69, 9.17) is 0 Å². The Bertz CT molecular complexity index is 670. The van der Waals surface area contributed by atoms with Crippen LogP contribution in [0.1, 0.15) is 38.4 Å². The molecule has 0 aliphatic rings. The van der Waals surface area contributed by atoms with Gasteiger partial charge in [-0.2, -0.15) is 18.3 Å². The zero-order valence-electron chi connectivity index (χ0n) is 14.9. The molecule has 0 saturated heterocycles. The van der Waals surface area contributed by atoms with Gasteiger partial charge in [-0.15, -0.1) is 12.4 Å². The number of nitrogens with one attached hydrogen (secondary N) is 1. The van der Waals surface area contributed by atoms with E-state index >= 15 is 0 Å². The minimum atomic E-state index is -4.32. The van der Waals surface area contributed by atoms with Crippen LogP contribution in [0.15, 0.2) is 30.3 Å². The molecule has 2 aromatic rings. The largest absolute Gasteiger partial charge is 0.416 e. The van der Waals surface area contributed by atoms with Crippen molar-refractivity contribution in [2.45, 2.75) is 46.5 Å². The van der Waals surface area contributed by atoms with Gasteiger partial charge in [0.15, 0.2) is 0 Å². The van der Waals surface area contributed by atoms with E-state index in [0.717, 1.165) is 42.0 Å². The first-order chi connectivity index (χ1) is 11.1. The van der Waals surface area contributed by atoms with E-state index in [1.54, 1.807) is 0 Å². The predicted molar refractivity (Wildman–Crippen MR) is 96.7 cm³/mol. The number of halogens is 4. The van der Waals surface area contributed by atoms with Gasteiger partial charge in [0.25, 0.3) is 0 Å². The van der Waals surface area contributed by atoms with Gasteiger partial charge < -0.3 is 5.32 Å². The Morgan fingerprint density at radius 2 is 1.68 bits per heavy atom. The third kappa shape index (κ3) is 6.04. The monoisotopic (exact) mass is 375 g/mol. The van der Waals surface area contributed by atoms with Crippen LogP contribution >= 0.6 is 12.4 Å². The van der Waals surface area contributed by atoms with Crippen LogP contribution in [0.3, 0.4) is 0 Å². The van der Waals surface area contributed by atoms with Crippen molar-refractivity contribution >= 4 is 12.4 Å². The summed E-state index contributed by atoms with van der Waals surface area (Å²) in [6, 6.07) is 7.19. The predicted octanol–water partition coefficient (Wildman–Crippen LogP) is 5.15. The van der Waals surface area contributed by atoms with E-state index < -0.39 is 11.7 Å². The summed E-state index contributed by atoms with van der Waals surface area (Å²) >= 11 is 0. The van der Waals surface area contributed by atoms with Gasteiger partial charge in [0.05, 0.1) is 17.0 Å². The molecule has 1 heterocycles. The Hall–Kier alpha value is -1.53. The van der Waals surface area contributed by atoms with E-state index in [9.17, 15) is 13.2 Å². The average molecular weight is 376 g/mol. The molecule has 0 amide bonds. The fourth-order valence-electron chi connectivity index (χ4n) is 2.41. The maximum Gasteiger partial charge on any atom is 0.416 e.